The Kier molecular flexibility index (Phi) is 7.73. The van der Waals surface area contributed by atoms with Gasteiger partial charge in [-0.2, -0.15) is 13.2 Å². The molecule has 1 unspecified atom stereocenters. The van der Waals surface area contributed by atoms with Crippen molar-refractivity contribution in [3.63, 3.8) is 0 Å². The predicted molar refractivity (Wildman–Crippen MR) is 75.6 cm³/mol. The van der Waals surface area contributed by atoms with Gasteiger partial charge in [-0.05, 0) is 32.0 Å². The molecule has 2 rings (SSSR count). The summed E-state index contributed by atoms with van der Waals surface area (Å²) in [6.45, 7) is 4.15. The fourth-order valence-electron chi connectivity index (χ4n) is 1.80. The summed E-state index contributed by atoms with van der Waals surface area (Å²) < 4.78 is 42.8. The zero-order valence-corrected chi connectivity index (χ0v) is 12.4. The summed E-state index contributed by atoms with van der Waals surface area (Å²) in [7, 11) is 0. The summed E-state index contributed by atoms with van der Waals surface area (Å²) in [4.78, 5) is 9.72. The molecule has 0 aromatic heterocycles. The van der Waals surface area contributed by atoms with Crippen molar-refractivity contribution in [2.45, 2.75) is 19.5 Å². The third-order valence-electron chi connectivity index (χ3n) is 2.90. The molecule has 124 valence electrons. The Morgan fingerprint density at radius 2 is 2.00 bits per heavy atom. The Labute approximate surface area is 127 Å². The first-order valence-corrected chi connectivity index (χ1v) is 7.06. The summed E-state index contributed by atoms with van der Waals surface area (Å²) in [5, 5.41) is 3.33. The quantitative estimate of drug-likeness (QED) is 0.867. The van der Waals surface area contributed by atoms with Crippen molar-refractivity contribution >= 4 is 5.97 Å². The summed E-state index contributed by atoms with van der Waals surface area (Å²) in [5.74, 6) is -0.459. The highest BCUT2D eigenvalue weighted by Crippen LogP contribution is 2.16. The van der Waals surface area contributed by atoms with E-state index in [1.54, 1.807) is 0 Å². The van der Waals surface area contributed by atoms with Crippen LogP contribution >= 0.6 is 0 Å². The first-order valence-electron chi connectivity index (χ1n) is 7.06. The van der Waals surface area contributed by atoms with Gasteiger partial charge < -0.3 is 14.8 Å². The van der Waals surface area contributed by atoms with Gasteiger partial charge in [-0.1, -0.05) is 18.2 Å². The van der Waals surface area contributed by atoms with Crippen molar-refractivity contribution in [2.75, 3.05) is 26.3 Å². The molecule has 7 heteroatoms. The molecule has 4 nitrogen and oxygen atoms in total. The predicted octanol–water partition coefficient (Wildman–Crippen LogP) is 2.79. The van der Waals surface area contributed by atoms with E-state index in [1.807, 2.05) is 30.3 Å². The lowest BCUT2D eigenvalue weighted by atomic mass is 10.1. The third-order valence-corrected chi connectivity index (χ3v) is 2.90. The minimum absolute atomic E-state index is 0.252. The zero-order chi connectivity index (χ0) is 16.4. The minimum Gasteiger partial charge on any atom is -0.493 e. The molecule has 1 aliphatic heterocycles. The Morgan fingerprint density at radius 1 is 1.32 bits per heavy atom. The van der Waals surface area contributed by atoms with Gasteiger partial charge in [0.05, 0.1) is 13.2 Å². The van der Waals surface area contributed by atoms with E-state index in [2.05, 4.69) is 10.1 Å². The molecule has 0 radical (unpaired) electrons. The van der Waals surface area contributed by atoms with Gasteiger partial charge in [-0.15, -0.1) is 0 Å². The van der Waals surface area contributed by atoms with Crippen LogP contribution in [0.25, 0.3) is 0 Å². The lowest BCUT2D eigenvalue weighted by Crippen LogP contribution is -2.25. The van der Waals surface area contributed by atoms with Gasteiger partial charge in [-0.25, -0.2) is 4.79 Å². The molecule has 1 aliphatic rings. The van der Waals surface area contributed by atoms with Crippen LogP contribution in [0.3, 0.4) is 0 Å². The number of esters is 1. The summed E-state index contributed by atoms with van der Waals surface area (Å²) >= 11 is 0. The van der Waals surface area contributed by atoms with Crippen LogP contribution in [-0.2, 0) is 9.53 Å². The molecule has 1 atom stereocenters. The average molecular weight is 319 g/mol. The smallest absolute Gasteiger partial charge is 0.490 e. The number of hydrogen-bond donors (Lipinski definition) is 1. The van der Waals surface area contributed by atoms with Crippen LogP contribution in [0.15, 0.2) is 30.3 Å². The van der Waals surface area contributed by atoms with E-state index in [-0.39, 0.29) is 6.61 Å². The Hall–Kier alpha value is -1.76. The second-order valence-electron chi connectivity index (χ2n) is 4.70. The summed E-state index contributed by atoms with van der Waals surface area (Å²) in [6.07, 6.45) is -3.61. The van der Waals surface area contributed by atoms with Crippen LogP contribution < -0.4 is 10.1 Å². The second-order valence-corrected chi connectivity index (χ2v) is 4.70. The van der Waals surface area contributed by atoms with Crippen molar-refractivity contribution in [1.29, 1.82) is 0 Å². The maximum atomic E-state index is 11.2. The number of nitrogens with one attached hydrogen (secondary N) is 1. The number of benzene rings is 1. The van der Waals surface area contributed by atoms with Crippen molar-refractivity contribution < 1.29 is 27.4 Å². The summed E-state index contributed by atoms with van der Waals surface area (Å²) in [6, 6.07) is 10.0. The average Bonchev–Trinajstić information content (AvgIpc) is 2.99. The normalized spacial score (nSPS) is 17.4. The van der Waals surface area contributed by atoms with E-state index in [0.29, 0.717) is 5.92 Å². The highest BCUT2D eigenvalue weighted by atomic mass is 19.4. The lowest BCUT2D eigenvalue weighted by molar-refractivity contribution is -0.199. The maximum Gasteiger partial charge on any atom is 0.490 e. The number of para-hydroxylation sites is 1. The largest absolute Gasteiger partial charge is 0.493 e. The first kappa shape index (κ1) is 18.3. The number of carbonyl (C=O) groups is 1. The van der Waals surface area contributed by atoms with Gasteiger partial charge in [0.25, 0.3) is 0 Å². The van der Waals surface area contributed by atoms with Crippen molar-refractivity contribution in [3.8, 4) is 5.75 Å². The third kappa shape index (κ3) is 7.31. The number of alkyl halides is 3. The number of halogens is 3. The standard InChI is InChI=1S/C11H15NO.C4H5F3O2/c1-2-4-11(5-3-1)13-9-10-6-7-12-8-10;1-2-9-3(8)4(5,6)7/h1-5,10,12H,6-9H2;2H2,1H3. The molecular formula is C15H20F3NO3. The Morgan fingerprint density at radius 3 is 2.45 bits per heavy atom. The van der Waals surface area contributed by atoms with Gasteiger partial charge in [0, 0.05) is 12.5 Å². The van der Waals surface area contributed by atoms with Gasteiger partial charge in [-0.3, -0.25) is 0 Å². The molecule has 0 spiro atoms. The van der Waals surface area contributed by atoms with Crippen LogP contribution in [-0.4, -0.2) is 38.4 Å². The van der Waals surface area contributed by atoms with E-state index in [9.17, 15) is 18.0 Å². The molecule has 1 fully saturated rings. The highest BCUT2D eigenvalue weighted by Gasteiger charge is 2.40. The Balaban J connectivity index is 0.000000239. The lowest BCUT2D eigenvalue weighted by Gasteiger charge is -2.10. The topological polar surface area (TPSA) is 47.6 Å². The maximum absolute atomic E-state index is 11.2. The van der Waals surface area contributed by atoms with Crippen molar-refractivity contribution in [3.05, 3.63) is 30.3 Å². The van der Waals surface area contributed by atoms with E-state index < -0.39 is 12.1 Å². The van der Waals surface area contributed by atoms with Crippen LogP contribution in [0.5, 0.6) is 5.75 Å². The molecule has 1 aromatic rings. The van der Waals surface area contributed by atoms with E-state index in [1.165, 1.54) is 13.3 Å². The van der Waals surface area contributed by atoms with Crippen molar-refractivity contribution in [1.82, 2.24) is 5.32 Å². The molecule has 0 aliphatic carbocycles. The molecule has 1 N–H and O–H groups in total. The van der Waals surface area contributed by atoms with Crippen LogP contribution in [0.4, 0.5) is 13.2 Å². The highest BCUT2D eigenvalue weighted by molar-refractivity contribution is 5.75. The minimum atomic E-state index is -4.85. The monoisotopic (exact) mass is 319 g/mol. The summed E-state index contributed by atoms with van der Waals surface area (Å²) in [5.41, 5.74) is 0. The van der Waals surface area contributed by atoms with Gasteiger partial charge in [0.2, 0.25) is 0 Å². The number of ether oxygens (including phenoxy) is 2. The number of rotatable bonds is 4. The fraction of sp³-hybridized carbons (Fsp3) is 0.533. The molecule has 1 saturated heterocycles. The second kappa shape index (κ2) is 9.30. The Bertz CT molecular complexity index is 431. The SMILES string of the molecule is CCOC(=O)C(F)(F)F.c1ccc(OCC2CCNC2)cc1. The zero-order valence-electron chi connectivity index (χ0n) is 12.4. The van der Waals surface area contributed by atoms with Crippen LogP contribution in [0.2, 0.25) is 0 Å². The molecule has 0 bridgehead atoms. The van der Waals surface area contributed by atoms with Crippen molar-refractivity contribution in [2.24, 2.45) is 5.92 Å². The van der Waals surface area contributed by atoms with E-state index in [4.69, 9.17) is 4.74 Å². The number of carbonyl (C=O) groups excluding carboxylic acids is 1. The van der Waals surface area contributed by atoms with Gasteiger partial charge >= 0.3 is 12.1 Å². The van der Waals surface area contributed by atoms with Crippen LogP contribution in [0.1, 0.15) is 13.3 Å². The van der Waals surface area contributed by atoms with E-state index in [0.717, 1.165) is 25.4 Å². The van der Waals surface area contributed by atoms with Gasteiger partial charge in [0.1, 0.15) is 5.75 Å². The molecule has 0 amide bonds. The molecule has 1 aromatic carbocycles. The molecule has 1 heterocycles. The molecule has 22 heavy (non-hydrogen) atoms. The van der Waals surface area contributed by atoms with Gasteiger partial charge in [0.15, 0.2) is 0 Å². The fourth-order valence-corrected chi connectivity index (χ4v) is 1.80. The molecule has 0 saturated carbocycles. The first-order chi connectivity index (χ1) is 10.4. The van der Waals surface area contributed by atoms with Crippen LogP contribution in [0, 0.1) is 5.92 Å². The molecular weight excluding hydrogens is 299 g/mol. The number of hydrogen-bond acceptors (Lipinski definition) is 4. The van der Waals surface area contributed by atoms with E-state index >= 15 is 0 Å².